The number of phenols is 1. The predicted molar refractivity (Wildman–Crippen MR) is 113 cm³/mol. The summed E-state index contributed by atoms with van der Waals surface area (Å²) < 4.78 is 0. The maximum atomic E-state index is 12.1. The number of nitrogen functional groups attached to an aromatic ring is 1. The first-order chi connectivity index (χ1) is 14.1. The number of phenolic OH excluding ortho intramolecular Hbond substituents is 1. The number of nitrogens with two attached hydrogens (primary N) is 1. The second-order valence-corrected chi connectivity index (χ2v) is 7.16. The van der Waals surface area contributed by atoms with E-state index < -0.39 is 0 Å². The van der Waals surface area contributed by atoms with Gasteiger partial charge in [0.2, 0.25) is 5.95 Å². The molecule has 3 aromatic rings. The molecule has 1 aliphatic rings. The van der Waals surface area contributed by atoms with Crippen LogP contribution in [0.25, 0.3) is 11.3 Å². The highest BCUT2D eigenvalue weighted by Crippen LogP contribution is 2.23. The molecule has 7 heteroatoms. The molecule has 1 fully saturated rings. The largest absolute Gasteiger partial charge is 0.508 e. The van der Waals surface area contributed by atoms with Gasteiger partial charge in [-0.05, 0) is 49.1 Å². The summed E-state index contributed by atoms with van der Waals surface area (Å²) in [6, 6.07) is 16.6. The molecule has 1 aliphatic carbocycles. The average molecular weight is 389 g/mol. The average Bonchev–Trinajstić information content (AvgIpc) is 3.53. The van der Waals surface area contributed by atoms with Crippen molar-refractivity contribution in [2.45, 2.75) is 25.3 Å². The molecule has 5 N–H and O–H groups in total. The van der Waals surface area contributed by atoms with Crippen LogP contribution in [0.4, 0.5) is 11.8 Å². The fourth-order valence-corrected chi connectivity index (χ4v) is 2.99. The van der Waals surface area contributed by atoms with Crippen LogP contribution in [0.5, 0.6) is 5.75 Å². The first-order valence-corrected chi connectivity index (χ1v) is 9.64. The van der Waals surface area contributed by atoms with Gasteiger partial charge in [-0.15, -0.1) is 0 Å². The molecule has 0 bridgehead atoms. The number of hydrogen-bond donors (Lipinski definition) is 4. The van der Waals surface area contributed by atoms with Crippen LogP contribution >= 0.6 is 0 Å². The fraction of sp³-hybridized carbons (Fsp3) is 0.227. The number of aromatic nitrogens is 2. The second kappa shape index (κ2) is 8.18. The molecule has 1 heterocycles. The van der Waals surface area contributed by atoms with Crippen molar-refractivity contribution in [3.8, 4) is 17.0 Å². The molecule has 29 heavy (non-hydrogen) atoms. The van der Waals surface area contributed by atoms with E-state index in [-0.39, 0.29) is 17.6 Å². The van der Waals surface area contributed by atoms with Gasteiger partial charge < -0.3 is 21.5 Å². The van der Waals surface area contributed by atoms with E-state index in [1.807, 2.05) is 30.3 Å². The van der Waals surface area contributed by atoms with E-state index in [0.29, 0.717) is 29.7 Å². The van der Waals surface area contributed by atoms with Gasteiger partial charge in [-0.3, -0.25) is 4.79 Å². The Hall–Kier alpha value is -3.61. The van der Waals surface area contributed by atoms with E-state index in [0.717, 1.165) is 30.4 Å². The number of rotatable bonds is 7. The Morgan fingerprint density at radius 2 is 1.79 bits per heavy atom. The summed E-state index contributed by atoms with van der Waals surface area (Å²) in [6.07, 6.45) is 2.91. The molecule has 0 saturated heterocycles. The normalized spacial score (nSPS) is 13.1. The maximum Gasteiger partial charge on any atom is 0.251 e. The van der Waals surface area contributed by atoms with E-state index in [4.69, 9.17) is 5.73 Å². The minimum Gasteiger partial charge on any atom is -0.508 e. The Kier molecular flexibility index (Phi) is 5.29. The second-order valence-electron chi connectivity index (χ2n) is 7.16. The van der Waals surface area contributed by atoms with E-state index in [9.17, 15) is 9.90 Å². The van der Waals surface area contributed by atoms with Crippen molar-refractivity contribution in [2.75, 3.05) is 17.6 Å². The lowest BCUT2D eigenvalue weighted by Gasteiger charge is -2.09. The summed E-state index contributed by atoms with van der Waals surface area (Å²) in [5.74, 6) is 1.04. The SMILES string of the molecule is Nc1nc(NCCc2ccc(O)cc2)cc(-c2ccc(C(=O)NC3CC3)cc2)n1. The zero-order valence-corrected chi connectivity index (χ0v) is 15.9. The smallest absolute Gasteiger partial charge is 0.251 e. The number of carbonyl (C=O) groups is 1. The molecule has 1 saturated carbocycles. The van der Waals surface area contributed by atoms with Gasteiger partial charge in [0.1, 0.15) is 11.6 Å². The summed E-state index contributed by atoms with van der Waals surface area (Å²) in [5, 5.41) is 15.6. The zero-order chi connectivity index (χ0) is 20.2. The first-order valence-electron chi connectivity index (χ1n) is 9.64. The molecule has 4 rings (SSSR count). The lowest BCUT2D eigenvalue weighted by molar-refractivity contribution is 0.0951. The predicted octanol–water partition coefficient (Wildman–Crippen LogP) is 2.98. The van der Waals surface area contributed by atoms with Crippen molar-refractivity contribution < 1.29 is 9.90 Å². The summed E-state index contributed by atoms with van der Waals surface area (Å²) in [7, 11) is 0. The van der Waals surface area contributed by atoms with Crippen LogP contribution in [0.2, 0.25) is 0 Å². The van der Waals surface area contributed by atoms with Crippen molar-refractivity contribution in [3.63, 3.8) is 0 Å². The summed E-state index contributed by atoms with van der Waals surface area (Å²) >= 11 is 0. The number of hydrogen-bond acceptors (Lipinski definition) is 6. The van der Waals surface area contributed by atoms with Crippen molar-refractivity contribution in [1.82, 2.24) is 15.3 Å². The van der Waals surface area contributed by atoms with Crippen LogP contribution in [-0.4, -0.2) is 33.6 Å². The van der Waals surface area contributed by atoms with Gasteiger partial charge in [0.15, 0.2) is 0 Å². The lowest BCUT2D eigenvalue weighted by atomic mass is 10.1. The molecule has 7 nitrogen and oxygen atoms in total. The summed E-state index contributed by atoms with van der Waals surface area (Å²) in [4.78, 5) is 20.7. The molecule has 0 atom stereocenters. The van der Waals surface area contributed by atoms with Crippen LogP contribution in [-0.2, 0) is 6.42 Å². The topological polar surface area (TPSA) is 113 Å². The number of aromatic hydroxyl groups is 1. The van der Waals surface area contributed by atoms with Gasteiger partial charge in [0, 0.05) is 29.8 Å². The minimum absolute atomic E-state index is 0.0437. The number of benzene rings is 2. The van der Waals surface area contributed by atoms with Crippen LogP contribution in [0.3, 0.4) is 0 Å². The van der Waals surface area contributed by atoms with Gasteiger partial charge in [0.05, 0.1) is 5.69 Å². The quantitative estimate of drug-likeness (QED) is 0.494. The van der Waals surface area contributed by atoms with E-state index in [2.05, 4.69) is 20.6 Å². The van der Waals surface area contributed by atoms with Crippen LogP contribution in [0, 0.1) is 0 Å². The minimum atomic E-state index is -0.0437. The monoisotopic (exact) mass is 389 g/mol. The van der Waals surface area contributed by atoms with Crippen LogP contribution in [0.1, 0.15) is 28.8 Å². The number of carbonyl (C=O) groups excluding carboxylic acids is 1. The summed E-state index contributed by atoms with van der Waals surface area (Å²) in [6.45, 7) is 0.668. The van der Waals surface area contributed by atoms with Gasteiger partial charge in [-0.1, -0.05) is 24.3 Å². The number of amides is 1. The highest BCUT2D eigenvalue weighted by molar-refractivity contribution is 5.95. The Balaban J connectivity index is 1.41. The van der Waals surface area contributed by atoms with Gasteiger partial charge >= 0.3 is 0 Å². The van der Waals surface area contributed by atoms with Gasteiger partial charge in [0.25, 0.3) is 5.91 Å². The fourth-order valence-electron chi connectivity index (χ4n) is 2.99. The molecule has 0 radical (unpaired) electrons. The van der Waals surface area contributed by atoms with E-state index >= 15 is 0 Å². The highest BCUT2D eigenvalue weighted by atomic mass is 16.3. The molecule has 0 spiro atoms. The molecule has 2 aromatic carbocycles. The third-order valence-electron chi connectivity index (χ3n) is 4.75. The molecule has 1 aromatic heterocycles. The Morgan fingerprint density at radius 3 is 2.48 bits per heavy atom. The number of anilines is 2. The van der Waals surface area contributed by atoms with Gasteiger partial charge in [-0.2, -0.15) is 4.98 Å². The van der Waals surface area contributed by atoms with Crippen molar-refractivity contribution >= 4 is 17.7 Å². The summed E-state index contributed by atoms with van der Waals surface area (Å²) in [5.41, 5.74) is 9.18. The van der Waals surface area contributed by atoms with E-state index in [1.165, 1.54) is 0 Å². The van der Waals surface area contributed by atoms with Gasteiger partial charge in [-0.25, -0.2) is 4.98 Å². The van der Waals surface area contributed by atoms with Crippen molar-refractivity contribution in [2.24, 2.45) is 0 Å². The highest BCUT2D eigenvalue weighted by Gasteiger charge is 2.23. The van der Waals surface area contributed by atoms with Crippen LogP contribution < -0.4 is 16.4 Å². The Morgan fingerprint density at radius 1 is 1.07 bits per heavy atom. The molecule has 0 aliphatic heterocycles. The molecule has 1 amide bonds. The Bertz CT molecular complexity index is 999. The molecule has 0 unspecified atom stereocenters. The standard InChI is InChI=1S/C22H23N5O2/c23-22-26-19(15-3-5-16(6-4-15)21(29)25-17-7-8-17)13-20(27-22)24-12-11-14-1-9-18(28)10-2-14/h1-6,9-10,13,17,28H,7-8,11-12H2,(H,25,29)(H3,23,24,26,27). The maximum absolute atomic E-state index is 12.1. The number of nitrogens with zero attached hydrogens (tertiary/aromatic N) is 2. The molecule has 148 valence electrons. The van der Waals surface area contributed by atoms with Crippen LogP contribution in [0.15, 0.2) is 54.6 Å². The Labute approximate surface area is 169 Å². The molecular weight excluding hydrogens is 366 g/mol. The first kappa shape index (κ1) is 18.7. The third-order valence-corrected chi connectivity index (χ3v) is 4.75. The molecular formula is C22H23N5O2. The number of nitrogens with one attached hydrogen (secondary N) is 2. The lowest BCUT2D eigenvalue weighted by Crippen LogP contribution is -2.25. The van der Waals surface area contributed by atoms with Crippen molar-refractivity contribution in [1.29, 1.82) is 0 Å². The zero-order valence-electron chi connectivity index (χ0n) is 15.9. The van der Waals surface area contributed by atoms with E-state index in [1.54, 1.807) is 24.3 Å². The van der Waals surface area contributed by atoms with Crippen molar-refractivity contribution in [3.05, 3.63) is 65.7 Å². The third kappa shape index (κ3) is 5.01.